The van der Waals surface area contributed by atoms with E-state index >= 15 is 0 Å². The van der Waals surface area contributed by atoms with E-state index in [1.54, 1.807) is 10.9 Å². The normalized spacial score (nSPS) is 15.0. The van der Waals surface area contributed by atoms with Crippen LogP contribution in [0.1, 0.15) is 19.5 Å². The lowest BCUT2D eigenvalue weighted by Gasteiger charge is -2.36. The van der Waals surface area contributed by atoms with Gasteiger partial charge in [0.1, 0.15) is 5.69 Å². The summed E-state index contributed by atoms with van der Waals surface area (Å²) in [6.07, 6.45) is 7.55. The molecule has 4 heterocycles. The predicted octanol–water partition coefficient (Wildman–Crippen LogP) is 2.16. The summed E-state index contributed by atoms with van der Waals surface area (Å²) in [5, 5.41) is 8.61. The van der Waals surface area contributed by atoms with Gasteiger partial charge in [0.2, 0.25) is 0 Å². The maximum atomic E-state index is 5.89. The Kier molecular flexibility index (Phi) is 6.43. The highest BCUT2D eigenvalue weighted by atomic mass is 16.5. The number of nitrogens with two attached hydrogens (primary N) is 1. The van der Waals surface area contributed by atoms with E-state index in [4.69, 9.17) is 10.5 Å². The molecular weight excluding hydrogens is 392 g/mol. The maximum Gasteiger partial charge on any atom is 0.115 e. The van der Waals surface area contributed by atoms with Gasteiger partial charge in [0.25, 0.3) is 0 Å². The second kappa shape index (κ2) is 9.40. The standard InChI is InChI=1S/C22H30N8O/c1-16(2)31-9-8-28-4-6-29(7-5-28)20-10-18(12-24-14-20)21-15-30(27-26-21)22-11-19(23)13-25-17(22)3/h10-16H,4-9,23H2,1-3H3. The van der Waals surface area contributed by atoms with Crippen LogP contribution in [-0.4, -0.2) is 75.3 Å². The predicted molar refractivity (Wildman–Crippen MR) is 121 cm³/mol. The van der Waals surface area contributed by atoms with Crippen molar-refractivity contribution in [1.82, 2.24) is 29.9 Å². The van der Waals surface area contributed by atoms with Crippen LogP contribution in [0.2, 0.25) is 0 Å². The molecule has 0 spiro atoms. The molecule has 3 aromatic heterocycles. The topological polar surface area (TPSA) is 98.2 Å². The molecule has 164 valence electrons. The van der Waals surface area contributed by atoms with Crippen molar-refractivity contribution in [2.75, 3.05) is 50.0 Å². The smallest absolute Gasteiger partial charge is 0.115 e. The molecule has 9 nitrogen and oxygen atoms in total. The van der Waals surface area contributed by atoms with Crippen LogP contribution in [0.5, 0.6) is 0 Å². The van der Waals surface area contributed by atoms with Gasteiger partial charge in [0.05, 0.1) is 54.1 Å². The molecule has 9 heteroatoms. The van der Waals surface area contributed by atoms with Gasteiger partial charge in [-0.2, -0.15) is 0 Å². The van der Waals surface area contributed by atoms with E-state index in [-0.39, 0.29) is 6.10 Å². The van der Waals surface area contributed by atoms with Crippen molar-refractivity contribution in [3.63, 3.8) is 0 Å². The van der Waals surface area contributed by atoms with Gasteiger partial charge in [-0.1, -0.05) is 5.21 Å². The molecule has 1 saturated heterocycles. The average Bonchev–Trinajstić information content (AvgIpc) is 3.26. The molecule has 1 aliphatic rings. The largest absolute Gasteiger partial charge is 0.397 e. The van der Waals surface area contributed by atoms with Crippen molar-refractivity contribution in [2.45, 2.75) is 26.9 Å². The van der Waals surface area contributed by atoms with Gasteiger partial charge in [-0.15, -0.1) is 5.10 Å². The van der Waals surface area contributed by atoms with Gasteiger partial charge < -0.3 is 15.4 Å². The highest BCUT2D eigenvalue weighted by molar-refractivity contribution is 5.64. The molecule has 4 rings (SSSR count). The van der Waals surface area contributed by atoms with Crippen molar-refractivity contribution < 1.29 is 4.74 Å². The van der Waals surface area contributed by atoms with Crippen LogP contribution >= 0.6 is 0 Å². The van der Waals surface area contributed by atoms with Gasteiger partial charge in [-0.25, -0.2) is 4.68 Å². The van der Waals surface area contributed by atoms with Crippen LogP contribution in [0.15, 0.2) is 36.9 Å². The molecule has 0 aromatic carbocycles. The molecule has 0 atom stereocenters. The summed E-state index contributed by atoms with van der Waals surface area (Å²) in [7, 11) is 0. The van der Waals surface area contributed by atoms with Crippen molar-refractivity contribution >= 4 is 11.4 Å². The summed E-state index contributed by atoms with van der Waals surface area (Å²) in [5.41, 5.74) is 10.9. The summed E-state index contributed by atoms with van der Waals surface area (Å²) in [6, 6.07) is 3.98. The average molecular weight is 423 g/mol. The minimum absolute atomic E-state index is 0.285. The number of pyridine rings is 2. The van der Waals surface area contributed by atoms with Crippen molar-refractivity contribution in [3.8, 4) is 16.9 Å². The fraction of sp³-hybridized carbons (Fsp3) is 0.455. The molecule has 3 aromatic rings. The molecule has 0 aliphatic carbocycles. The summed E-state index contributed by atoms with van der Waals surface area (Å²) in [5.74, 6) is 0. The quantitative estimate of drug-likeness (QED) is 0.619. The number of hydrogen-bond acceptors (Lipinski definition) is 8. The minimum atomic E-state index is 0.285. The molecule has 2 N–H and O–H groups in total. The lowest BCUT2D eigenvalue weighted by molar-refractivity contribution is 0.0579. The highest BCUT2D eigenvalue weighted by Crippen LogP contribution is 2.24. The molecule has 0 unspecified atom stereocenters. The third kappa shape index (κ3) is 5.18. The second-order valence-corrected chi connectivity index (χ2v) is 8.10. The zero-order chi connectivity index (χ0) is 21.8. The van der Waals surface area contributed by atoms with Gasteiger partial charge in [-0.05, 0) is 32.9 Å². The highest BCUT2D eigenvalue weighted by Gasteiger charge is 2.18. The number of nitrogen functional groups attached to an aromatic ring is 1. The first-order chi connectivity index (χ1) is 15.0. The van der Waals surface area contributed by atoms with Gasteiger partial charge in [0, 0.05) is 44.5 Å². The van der Waals surface area contributed by atoms with E-state index in [1.165, 1.54) is 0 Å². The Bertz CT molecular complexity index is 1010. The monoisotopic (exact) mass is 422 g/mol. The lowest BCUT2D eigenvalue weighted by atomic mass is 10.2. The fourth-order valence-electron chi connectivity index (χ4n) is 3.67. The van der Waals surface area contributed by atoms with Crippen LogP contribution in [-0.2, 0) is 4.74 Å². The van der Waals surface area contributed by atoms with Crippen LogP contribution < -0.4 is 10.6 Å². The zero-order valence-electron chi connectivity index (χ0n) is 18.4. The van der Waals surface area contributed by atoms with Crippen LogP contribution in [0.25, 0.3) is 16.9 Å². The van der Waals surface area contributed by atoms with E-state index in [1.807, 2.05) is 31.6 Å². The Hall–Kier alpha value is -3.04. The molecule has 31 heavy (non-hydrogen) atoms. The Labute approximate surface area is 182 Å². The number of piperazine rings is 1. The van der Waals surface area contributed by atoms with E-state index in [0.29, 0.717) is 5.69 Å². The lowest BCUT2D eigenvalue weighted by Crippen LogP contribution is -2.47. The molecule has 0 saturated carbocycles. The van der Waals surface area contributed by atoms with E-state index in [0.717, 1.165) is 67.7 Å². The first kappa shape index (κ1) is 21.2. The number of ether oxygens (including phenoxy) is 1. The summed E-state index contributed by atoms with van der Waals surface area (Å²) >= 11 is 0. The molecule has 0 radical (unpaired) electrons. The fourth-order valence-corrected chi connectivity index (χ4v) is 3.67. The summed E-state index contributed by atoms with van der Waals surface area (Å²) in [4.78, 5) is 13.6. The van der Waals surface area contributed by atoms with E-state index < -0.39 is 0 Å². The Morgan fingerprint density at radius 2 is 1.90 bits per heavy atom. The second-order valence-electron chi connectivity index (χ2n) is 8.10. The van der Waals surface area contributed by atoms with E-state index in [2.05, 4.69) is 50.0 Å². The van der Waals surface area contributed by atoms with Crippen LogP contribution in [0.4, 0.5) is 11.4 Å². The van der Waals surface area contributed by atoms with E-state index in [9.17, 15) is 0 Å². The van der Waals surface area contributed by atoms with Crippen molar-refractivity contribution in [1.29, 1.82) is 0 Å². The molecule has 1 aliphatic heterocycles. The van der Waals surface area contributed by atoms with Crippen molar-refractivity contribution in [2.24, 2.45) is 0 Å². The van der Waals surface area contributed by atoms with Gasteiger partial charge in [0.15, 0.2) is 0 Å². The summed E-state index contributed by atoms with van der Waals surface area (Å²) in [6.45, 7) is 11.8. The number of rotatable bonds is 7. The third-order valence-electron chi connectivity index (χ3n) is 5.44. The molecular formula is C22H30N8O. The van der Waals surface area contributed by atoms with Crippen molar-refractivity contribution in [3.05, 3.63) is 42.6 Å². The van der Waals surface area contributed by atoms with Crippen LogP contribution in [0, 0.1) is 6.92 Å². The molecule has 1 fully saturated rings. The Morgan fingerprint density at radius 1 is 1.10 bits per heavy atom. The Balaban J connectivity index is 1.43. The first-order valence-electron chi connectivity index (χ1n) is 10.7. The summed E-state index contributed by atoms with van der Waals surface area (Å²) < 4.78 is 7.38. The SMILES string of the molecule is Cc1ncc(N)cc1-n1cc(-c2cncc(N3CCN(CCOC(C)C)CC3)c2)nn1. The number of aromatic nitrogens is 5. The zero-order valence-corrected chi connectivity index (χ0v) is 18.4. The molecule has 0 amide bonds. The maximum absolute atomic E-state index is 5.89. The first-order valence-corrected chi connectivity index (χ1v) is 10.7. The number of hydrogen-bond donors (Lipinski definition) is 1. The Morgan fingerprint density at radius 3 is 2.68 bits per heavy atom. The van der Waals surface area contributed by atoms with Gasteiger partial charge in [-0.3, -0.25) is 14.9 Å². The van der Waals surface area contributed by atoms with Crippen LogP contribution in [0.3, 0.4) is 0 Å². The van der Waals surface area contributed by atoms with Gasteiger partial charge >= 0.3 is 0 Å². The number of anilines is 2. The third-order valence-corrected chi connectivity index (χ3v) is 5.44. The minimum Gasteiger partial charge on any atom is -0.397 e. The molecule has 0 bridgehead atoms. The number of nitrogens with zero attached hydrogens (tertiary/aromatic N) is 7. The number of aryl methyl sites for hydroxylation is 1.